The van der Waals surface area contributed by atoms with Crippen molar-refractivity contribution in [2.75, 3.05) is 0 Å². The third kappa shape index (κ3) is 7.96. The zero-order chi connectivity index (χ0) is 42.8. The van der Waals surface area contributed by atoms with Crippen molar-refractivity contribution in [1.82, 2.24) is 19.5 Å². The first-order valence-electron chi connectivity index (χ1n) is 20.9. The van der Waals surface area contributed by atoms with Gasteiger partial charge in [0.2, 0.25) is 5.71 Å². The molecule has 0 saturated carbocycles. The summed E-state index contributed by atoms with van der Waals surface area (Å²) in [6, 6.07) is 48.4. The molecule has 0 spiro atoms. The molecule has 0 N–H and O–H groups in total. The van der Waals surface area contributed by atoms with E-state index in [2.05, 4.69) is 119 Å². The Labute approximate surface area is 374 Å². The average Bonchev–Trinajstić information content (AvgIpc) is 3.81. The van der Waals surface area contributed by atoms with Crippen molar-refractivity contribution in [3.8, 4) is 28.3 Å². The van der Waals surface area contributed by atoms with E-state index < -0.39 is 19.2 Å². The molecule has 4 aromatic heterocycles. The Morgan fingerprint density at radius 2 is 1.54 bits per heavy atom. The molecular formula is C53H47FGeIrN4O-2. The van der Waals surface area contributed by atoms with Gasteiger partial charge < -0.3 is 8.98 Å². The summed E-state index contributed by atoms with van der Waals surface area (Å²) in [5.74, 6) is 6.86. The molecular weight excluding hydrogens is 992 g/mol. The second kappa shape index (κ2) is 16.4. The normalized spacial score (nSPS) is 12.4. The molecule has 10 aromatic rings. The van der Waals surface area contributed by atoms with Crippen LogP contribution in [0.15, 0.2) is 138 Å². The van der Waals surface area contributed by atoms with Crippen LogP contribution in [-0.4, -0.2) is 32.8 Å². The van der Waals surface area contributed by atoms with Crippen molar-refractivity contribution in [3.05, 3.63) is 163 Å². The van der Waals surface area contributed by atoms with Crippen LogP contribution >= 0.6 is 0 Å². The first-order chi connectivity index (χ1) is 29.1. The van der Waals surface area contributed by atoms with Crippen LogP contribution in [-0.2, 0) is 25.5 Å². The Balaban J connectivity index is 0.000000214. The Morgan fingerprint density at radius 3 is 2.26 bits per heavy atom. The van der Waals surface area contributed by atoms with Gasteiger partial charge in [0.1, 0.15) is 5.82 Å². The molecule has 10 rings (SSSR count). The van der Waals surface area contributed by atoms with Gasteiger partial charge in [-0.15, -0.1) is 18.2 Å². The second-order valence-corrected chi connectivity index (χ2v) is 28.3. The minimum atomic E-state index is -2.03. The van der Waals surface area contributed by atoms with Gasteiger partial charge in [0.05, 0.1) is 28.0 Å². The van der Waals surface area contributed by atoms with Crippen LogP contribution in [0.1, 0.15) is 53.0 Å². The van der Waals surface area contributed by atoms with Crippen LogP contribution in [0.5, 0.6) is 0 Å². The van der Waals surface area contributed by atoms with E-state index in [1.54, 1.807) is 12.1 Å². The SMILES string of the molecule is CC(C)(C)c1ccc(-n2c(-c3[c-]ccc4c3oc3nc5cccc(F)c5cc34)nc3c4ccccc4ccc32)cc1.[2H]C(C)(C)c1cc(-c2[c-]cccc2)nc[c]1[Ge]([CH3])([CH3])[CH3].[Ir]. The molecule has 0 aliphatic carbocycles. The fourth-order valence-corrected chi connectivity index (χ4v) is 11.3. The van der Waals surface area contributed by atoms with Gasteiger partial charge in [-0.3, -0.25) is 4.98 Å². The fourth-order valence-electron chi connectivity index (χ4n) is 8.00. The molecule has 0 unspecified atom stereocenters. The zero-order valence-corrected chi connectivity index (χ0v) is 40.1. The topological polar surface area (TPSA) is 56.7 Å². The summed E-state index contributed by atoms with van der Waals surface area (Å²) in [7, 11) is 0. The molecule has 5 nitrogen and oxygen atoms in total. The number of hydrogen-bond donors (Lipinski definition) is 0. The van der Waals surface area contributed by atoms with Gasteiger partial charge in [0.15, 0.2) is 0 Å². The number of pyridine rings is 2. The maximum Gasteiger partial charge on any atom is 0 e. The minimum absolute atomic E-state index is 0. The van der Waals surface area contributed by atoms with Gasteiger partial charge in [0, 0.05) is 42.0 Å². The van der Waals surface area contributed by atoms with Crippen molar-refractivity contribution >= 4 is 72.4 Å². The largest absolute Gasteiger partial charge is 0 e. The predicted octanol–water partition coefficient (Wildman–Crippen LogP) is 13.7. The standard InChI is InChI=1S/C36H25FN3O.C17H22GeN.Ir/c1-36(2,3)22-15-17-23(18-16-22)40-31-19-14-21-8-4-5-9-24(21)32(31)39-34(40)26-11-6-10-25-27-20-28-29(37)12-7-13-30(28)38-35(27)41-33(25)26;1-13(2)15-11-17(14-9-7-6-8-10-14)19-12-16(15)18(3,4)5;/h4-10,12-20H,1-3H3;6-9,11-13H,1-5H3;/q2*-1;/i;13D;. The number of rotatable bonds is 5. The third-order valence-corrected chi connectivity index (χ3v) is 15.4. The second-order valence-electron chi connectivity index (χ2n) is 17.7. The monoisotopic (exact) mass is 1040 g/mol. The smallest absolute Gasteiger partial charge is 0 e. The van der Waals surface area contributed by atoms with Gasteiger partial charge in [-0.1, -0.05) is 80.3 Å². The molecule has 61 heavy (non-hydrogen) atoms. The molecule has 0 fully saturated rings. The number of nitrogens with zero attached hydrogens (tertiary/aromatic N) is 4. The van der Waals surface area contributed by atoms with Crippen LogP contribution < -0.4 is 4.40 Å². The zero-order valence-electron chi connectivity index (χ0n) is 36.6. The Hall–Kier alpha value is -5.47. The quantitative estimate of drug-likeness (QED) is 0.127. The van der Waals surface area contributed by atoms with Crippen LogP contribution in [0, 0.1) is 17.9 Å². The number of aromatic nitrogens is 4. The number of furan rings is 1. The number of hydrogen-bond acceptors (Lipinski definition) is 4. The summed E-state index contributed by atoms with van der Waals surface area (Å²) in [6.45, 7) is 10.6. The van der Waals surface area contributed by atoms with E-state index in [4.69, 9.17) is 10.8 Å². The van der Waals surface area contributed by atoms with E-state index >= 15 is 0 Å². The Morgan fingerprint density at radius 1 is 0.770 bits per heavy atom. The predicted molar refractivity (Wildman–Crippen MR) is 250 cm³/mol. The number of halogens is 1. The van der Waals surface area contributed by atoms with E-state index in [-0.39, 0.29) is 31.3 Å². The number of imidazole rings is 1. The minimum Gasteiger partial charge on any atom is 0 e. The summed E-state index contributed by atoms with van der Waals surface area (Å²) in [5.41, 5.74) is 9.59. The maximum atomic E-state index is 14.7. The molecule has 0 aliphatic rings. The average molecular weight is 1040 g/mol. The van der Waals surface area contributed by atoms with E-state index in [9.17, 15) is 4.39 Å². The molecule has 6 aromatic carbocycles. The number of fused-ring (bicyclic) bond motifs is 7. The van der Waals surface area contributed by atoms with E-state index in [0.29, 0.717) is 22.2 Å². The molecule has 307 valence electrons. The van der Waals surface area contributed by atoms with Crippen LogP contribution in [0.3, 0.4) is 0 Å². The summed E-state index contributed by atoms with van der Waals surface area (Å²) in [6.07, 6.45) is 2.00. The van der Waals surface area contributed by atoms with Crippen LogP contribution in [0.25, 0.3) is 83.1 Å². The van der Waals surface area contributed by atoms with Gasteiger partial charge >= 0.3 is 120 Å². The first kappa shape index (κ1) is 40.9. The molecule has 4 heterocycles. The molecule has 8 heteroatoms. The fraction of sp³-hybridized carbons (Fsp3) is 0.189. The van der Waals surface area contributed by atoms with Gasteiger partial charge in [-0.25, -0.2) is 9.37 Å². The van der Waals surface area contributed by atoms with E-state index in [1.165, 1.54) is 16.0 Å². The Bertz CT molecular complexity index is 3270. The third-order valence-electron chi connectivity index (χ3n) is 11.2. The summed E-state index contributed by atoms with van der Waals surface area (Å²) >= 11 is -2.03. The van der Waals surface area contributed by atoms with Crippen molar-refractivity contribution in [2.24, 2.45) is 0 Å². The van der Waals surface area contributed by atoms with E-state index in [1.807, 2.05) is 74.6 Å². The molecule has 0 aliphatic heterocycles. The summed E-state index contributed by atoms with van der Waals surface area (Å²) < 4.78 is 33.0. The molecule has 0 bridgehead atoms. The van der Waals surface area contributed by atoms with Crippen molar-refractivity contribution < 1.29 is 30.3 Å². The van der Waals surface area contributed by atoms with Crippen molar-refractivity contribution in [1.29, 1.82) is 0 Å². The van der Waals surface area contributed by atoms with Gasteiger partial charge in [0.25, 0.3) is 0 Å². The first-order valence-corrected chi connectivity index (χ1v) is 27.7. The maximum absolute atomic E-state index is 14.7. The van der Waals surface area contributed by atoms with Gasteiger partial charge in [-0.05, 0) is 52.8 Å². The molecule has 0 amide bonds. The Kier molecular flexibility index (Phi) is 11.0. The van der Waals surface area contributed by atoms with Gasteiger partial charge in [-0.2, -0.15) is 0 Å². The summed E-state index contributed by atoms with van der Waals surface area (Å²) in [4.78, 5) is 14.5. The molecule has 0 saturated heterocycles. The molecule has 1 radical (unpaired) electrons. The van der Waals surface area contributed by atoms with Crippen LogP contribution in [0.4, 0.5) is 4.39 Å². The van der Waals surface area contributed by atoms with E-state index in [0.717, 1.165) is 66.5 Å². The molecule has 0 atom stereocenters. The van der Waals surface area contributed by atoms with Crippen molar-refractivity contribution in [2.45, 2.75) is 63.2 Å². The number of benzene rings is 6. The van der Waals surface area contributed by atoms with Crippen LogP contribution in [0.2, 0.25) is 17.3 Å². The van der Waals surface area contributed by atoms with Crippen molar-refractivity contribution in [3.63, 3.8) is 0 Å². The summed E-state index contributed by atoms with van der Waals surface area (Å²) in [5, 5.41) is 4.28.